The normalized spacial score (nSPS) is 18.6. The minimum Gasteiger partial charge on any atom is -0.493 e. The molecule has 1 aliphatic heterocycles. The fourth-order valence-electron chi connectivity index (χ4n) is 4.28. The van der Waals surface area contributed by atoms with Crippen molar-refractivity contribution in [3.05, 3.63) is 78.8 Å². The average Bonchev–Trinajstić information content (AvgIpc) is 3.38. The number of rotatable bonds is 5. The van der Waals surface area contributed by atoms with Gasteiger partial charge < -0.3 is 9.64 Å². The molecule has 32 heavy (non-hydrogen) atoms. The molecule has 2 aromatic heterocycles. The highest BCUT2D eigenvalue weighted by Crippen LogP contribution is 2.27. The van der Waals surface area contributed by atoms with Crippen LogP contribution in [0.5, 0.6) is 5.75 Å². The Morgan fingerprint density at radius 3 is 2.75 bits per heavy atom. The van der Waals surface area contributed by atoms with Gasteiger partial charge in [-0.2, -0.15) is 15.0 Å². The van der Waals surface area contributed by atoms with Crippen molar-refractivity contribution in [3.8, 4) is 11.4 Å². The number of hydrogen-bond acceptors (Lipinski definition) is 5. The summed E-state index contributed by atoms with van der Waals surface area (Å²) >= 11 is 0. The van der Waals surface area contributed by atoms with Gasteiger partial charge in [0.05, 0.1) is 35.8 Å². The Labute approximate surface area is 186 Å². The fourth-order valence-corrected chi connectivity index (χ4v) is 4.28. The summed E-state index contributed by atoms with van der Waals surface area (Å²) in [4.78, 5) is 21.4. The Kier molecular flexibility index (Phi) is 5.54. The zero-order valence-electron chi connectivity index (χ0n) is 18.0. The number of amides is 1. The smallest absolute Gasteiger partial charge is 0.256 e. The number of nitrogens with zero attached hydrogens (tertiary/aromatic N) is 5. The molecule has 7 nitrogen and oxygen atoms in total. The van der Waals surface area contributed by atoms with Gasteiger partial charge in [0.1, 0.15) is 5.75 Å². The quantitative estimate of drug-likeness (QED) is 0.479. The van der Waals surface area contributed by atoms with E-state index in [1.807, 2.05) is 59.5 Å². The summed E-state index contributed by atoms with van der Waals surface area (Å²) < 4.78 is 6.10. The second kappa shape index (κ2) is 8.78. The van der Waals surface area contributed by atoms with E-state index in [1.54, 1.807) is 18.6 Å². The minimum atomic E-state index is 0.00463. The number of carbonyl (C=O) groups is 1. The van der Waals surface area contributed by atoms with Crippen molar-refractivity contribution in [2.24, 2.45) is 5.92 Å². The molecule has 0 saturated carbocycles. The van der Waals surface area contributed by atoms with Crippen molar-refractivity contribution in [2.75, 3.05) is 13.2 Å². The molecule has 0 radical (unpaired) electrons. The number of pyridine rings is 1. The van der Waals surface area contributed by atoms with Crippen LogP contribution < -0.4 is 4.74 Å². The summed E-state index contributed by atoms with van der Waals surface area (Å²) in [7, 11) is 0. The molecule has 162 valence electrons. The van der Waals surface area contributed by atoms with E-state index >= 15 is 0 Å². The number of fused-ring (bicyclic) bond motifs is 1. The van der Waals surface area contributed by atoms with Crippen LogP contribution in [0.3, 0.4) is 0 Å². The molecule has 1 fully saturated rings. The summed E-state index contributed by atoms with van der Waals surface area (Å²) in [5.74, 6) is 1.08. The van der Waals surface area contributed by atoms with Gasteiger partial charge in [0.2, 0.25) is 0 Å². The Morgan fingerprint density at radius 1 is 1.03 bits per heavy atom. The van der Waals surface area contributed by atoms with Gasteiger partial charge in [0, 0.05) is 36.2 Å². The van der Waals surface area contributed by atoms with Gasteiger partial charge in [0.15, 0.2) is 0 Å². The molecule has 0 aliphatic carbocycles. The Bertz CT molecular complexity index is 1220. The molecule has 0 spiro atoms. The highest BCUT2D eigenvalue weighted by molar-refractivity contribution is 5.98. The number of carbonyl (C=O) groups excluding carboxylic acids is 1. The van der Waals surface area contributed by atoms with Crippen LogP contribution in [0.25, 0.3) is 16.6 Å². The van der Waals surface area contributed by atoms with E-state index < -0.39 is 0 Å². The summed E-state index contributed by atoms with van der Waals surface area (Å²) in [6.07, 6.45) is 6.98. The number of para-hydroxylation sites is 1. The molecule has 7 heteroatoms. The van der Waals surface area contributed by atoms with Crippen molar-refractivity contribution >= 4 is 16.8 Å². The molecule has 2 unspecified atom stereocenters. The van der Waals surface area contributed by atoms with Crippen LogP contribution >= 0.6 is 0 Å². The molecular formula is C25H25N5O2. The summed E-state index contributed by atoms with van der Waals surface area (Å²) in [5.41, 5.74) is 2.22. The van der Waals surface area contributed by atoms with E-state index in [-0.39, 0.29) is 17.9 Å². The van der Waals surface area contributed by atoms with E-state index in [9.17, 15) is 4.79 Å². The van der Waals surface area contributed by atoms with Crippen LogP contribution in [0.1, 0.15) is 30.1 Å². The zero-order chi connectivity index (χ0) is 21.9. The molecule has 4 aromatic rings. The predicted molar refractivity (Wildman–Crippen MR) is 122 cm³/mol. The summed E-state index contributed by atoms with van der Waals surface area (Å²) in [5, 5.41) is 9.50. The van der Waals surface area contributed by atoms with Crippen LogP contribution in [0.4, 0.5) is 0 Å². The number of aromatic nitrogens is 4. The lowest BCUT2D eigenvalue weighted by Crippen LogP contribution is -2.47. The molecule has 1 amide bonds. The number of benzene rings is 2. The van der Waals surface area contributed by atoms with Crippen LogP contribution in [0.2, 0.25) is 0 Å². The second-order valence-electron chi connectivity index (χ2n) is 8.25. The maximum absolute atomic E-state index is 13.5. The third kappa shape index (κ3) is 4.06. The molecule has 2 atom stereocenters. The monoisotopic (exact) mass is 427 g/mol. The maximum Gasteiger partial charge on any atom is 0.256 e. The standard InChI is InChI=1S/C25H25N5O2/c1-18-8-9-19(17-32-21-11-10-20-5-4-12-26-23(20)15-21)16-29(18)25(31)22-6-2-3-7-24(22)30-27-13-14-28-30/h2-7,10-15,18-19H,8-9,16-17H2,1H3. The van der Waals surface area contributed by atoms with E-state index in [2.05, 4.69) is 22.1 Å². The lowest BCUT2D eigenvalue weighted by molar-refractivity contribution is 0.0505. The second-order valence-corrected chi connectivity index (χ2v) is 8.25. The number of likely N-dealkylation sites (tertiary alicyclic amines) is 1. The first-order valence-corrected chi connectivity index (χ1v) is 10.9. The summed E-state index contributed by atoms with van der Waals surface area (Å²) in [6, 6.07) is 17.6. The van der Waals surface area contributed by atoms with Crippen molar-refractivity contribution in [1.82, 2.24) is 24.9 Å². The molecule has 0 N–H and O–H groups in total. The van der Waals surface area contributed by atoms with Crippen molar-refractivity contribution in [3.63, 3.8) is 0 Å². The van der Waals surface area contributed by atoms with Gasteiger partial charge in [-0.25, -0.2) is 0 Å². The first-order chi connectivity index (χ1) is 15.7. The molecule has 1 aliphatic rings. The van der Waals surface area contributed by atoms with Crippen LogP contribution in [0.15, 0.2) is 73.2 Å². The molecule has 3 heterocycles. The topological polar surface area (TPSA) is 73.1 Å². The van der Waals surface area contributed by atoms with Gasteiger partial charge in [0.25, 0.3) is 5.91 Å². The van der Waals surface area contributed by atoms with Gasteiger partial charge in [-0.05, 0) is 50.1 Å². The molecule has 5 rings (SSSR count). The van der Waals surface area contributed by atoms with E-state index in [0.717, 1.165) is 29.5 Å². The zero-order valence-corrected chi connectivity index (χ0v) is 18.0. The molecular weight excluding hydrogens is 402 g/mol. The van der Waals surface area contributed by atoms with Crippen molar-refractivity contribution in [2.45, 2.75) is 25.8 Å². The maximum atomic E-state index is 13.5. The number of ether oxygens (including phenoxy) is 1. The predicted octanol–water partition coefficient (Wildman–Crippen LogP) is 4.14. The molecule has 0 bridgehead atoms. The summed E-state index contributed by atoms with van der Waals surface area (Å²) in [6.45, 7) is 3.34. The minimum absolute atomic E-state index is 0.00463. The highest BCUT2D eigenvalue weighted by atomic mass is 16.5. The van der Waals surface area contributed by atoms with Gasteiger partial charge in [-0.3, -0.25) is 9.78 Å². The first kappa shape index (κ1) is 20.2. The average molecular weight is 428 g/mol. The lowest BCUT2D eigenvalue weighted by Gasteiger charge is -2.38. The fraction of sp³-hybridized carbons (Fsp3) is 0.280. The lowest BCUT2D eigenvalue weighted by atomic mass is 9.93. The molecule has 2 aromatic carbocycles. The third-order valence-corrected chi connectivity index (χ3v) is 6.07. The molecule has 1 saturated heterocycles. The van der Waals surface area contributed by atoms with Gasteiger partial charge >= 0.3 is 0 Å². The first-order valence-electron chi connectivity index (χ1n) is 10.9. The largest absolute Gasteiger partial charge is 0.493 e. The Hall–Kier alpha value is -3.74. The Balaban J connectivity index is 1.30. The van der Waals surface area contributed by atoms with Crippen LogP contribution in [0, 0.1) is 5.92 Å². The third-order valence-electron chi connectivity index (χ3n) is 6.07. The van der Waals surface area contributed by atoms with Gasteiger partial charge in [-0.1, -0.05) is 18.2 Å². The highest BCUT2D eigenvalue weighted by Gasteiger charge is 2.31. The van der Waals surface area contributed by atoms with E-state index in [0.29, 0.717) is 24.4 Å². The van der Waals surface area contributed by atoms with E-state index in [1.165, 1.54) is 4.80 Å². The SMILES string of the molecule is CC1CCC(COc2ccc3cccnc3c2)CN1C(=O)c1ccccc1-n1nccn1. The van der Waals surface area contributed by atoms with E-state index in [4.69, 9.17) is 4.74 Å². The van der Waals surface area contributed by atoms with Crippen molar-refractivity contribution in [1.29, 1.82) is 0 Å². The van der Waals surface area contributed by atoms with Crippen LogP contribution in [-0.4, -0.2) is 50.0 Å². The van der Waals surface area contributed by atoms with Crippen LogP contribution in [-0.2, 0) is 0 Å². The van der Waals surface area contributed by atoms with Gasteiger partial charge in [-0.15, -0.1) is 0 Å². The number of hydrogen-bond donors (Lipinski definition) is 0. The number of piperidine rings is 1. The van der Waals surface area contributed by atoms with Crippen molar-refractivity contribution < 1.29 is 9.53 Å². The Morgan fingerprint density at radius 2 is 1.88 bits per heavy atom.